The molecule has 0 aliphatic carbocycles. The molecule has 0 bridgehead atoms. The summed E-state index contributed by atoms with van der Waals surface area (Å²) in [5, 5.41) is 0. The molecule has 1 N–H and O–H groups in total. The third-order valence-electron chi connectivity index (χ3n) is 8.69. The Hall–Kier alpha value is -4.64. The lowest BCUT2D eigenvalue weighted by atomic mass is 9.94. The largest absolute Gasteiger partial charge is 0.493 e. The number of aromatic amines is 1. The van der Waals surface area contributed by atoms with Crippen LogP contribution in [0.2, 0.25) is 0 Å². The van der Waals surface area contributed by atoms with Gasteiger partial charge < -0.3 is 43.4 Å². The number of anilines is 1. The number of imidazole rings is 1. The summed E-state index contributed by atoms with van der Waals surface area (Å²) >= 11 is 0. The Bertz CT molecular complexity index is 1570. The predicted octanol–water partition coefficient (Wildman–Crippen LogP) is 5.06. The fourth-order valence-corrected chi connectivity index (χ4v) is 6.14. The van der Waals surface area contributed by atoms with Gasteiger partial charge in [-0.05, 0) is 67.9 Å². The number of carbonyl (C=O) groups is 1. The standard InChI is InChI=1S/C35H45N5O6/c1-38(34(41)26-21-31(44-4)33(46-6)32(22-26)45-5)23-25(24-12-13-29(42-2)30(20-24)43-3)14-17-39-15-9-16-40(19-18-39)35-36-27-10-7-8-11-28(27)37-35/h7-8,10-13,20-22,25H,9,14-19,23H2,1-6H3,(H,36,37). The normalized spacial score (nSPS) is 14.4. The van der Waals surface area contributed by atoms with E-state index in [1.807, 2.05) is 37.4 Å². The highest BCUT2D eigenvalue weighted by Crippen LogP contribution is 2.39. The van der Waals surface area contributed by atoms with Crippen molar-refractivity contribution in [3.8, 4) is 28.7 Å². The van der Waals surface area contributed by atoms with Crippen LogP contribution in [0.3, 0.4) is 0 Å². The van der Waals surface area contributed by atoms with Crippen LogP contribution in [-0.2, 0) is 0 Å². The third kappa shape index (κ3) is 7.25. The molecule has 2 heterocycles. The number of fused-ring (bicyclic) bond motifs is 1. The first-order valence-corrected chi connectivity index (χ1v) is 15.6. The topological polar surface area (TPSA) is 102 Å². The van der Waals surface area contributed by atoms with Crippen molar-refractivity contribution in [1.29, 1.82) is 0 Å². The molecule has 4 aromatic rings. The van der Waals surface area contributed by atoms with Crippen LogP contribution in [0.4, 0.5) is 5.95 Å². The molecule has 0 spiro atoms. The number of nitrogens with zero attached hydrogens (tertiary/aromatic N) is 4. The Kier molecular flexibility index (Phi) is 10.7. The molecule has 1 amide bonds. The van der Waals surface area contributed by atoms with Gasteiger partial charge in [0.05, 0.1) is 46.6 Å². The number of hydrogen-bond acceptors (Lipinski definition) is 9. The minimum atomic E-state index is -0.138. The van der Waals surface area contributed by atoms with Crippen LogP contribution in [0.15, 0.2) is 54.6 Å². The lowest BCUT2D eigenvalue weighted by Gasteiger charge is -2.28. The highest BCUT2D eigenvalue weighted by Gasteiger charge is 2.25. The maximum atomic E-state index is 13.8. The monoisotopic (exact) mass is 631 g/mol. The number of H-pyrrole nitrogens is 1. The first kappa shape index (κ1) is 32.7. The minimum absolute atomic E-state index is 0.0468. The minimum Gasteiger partial charge on any atom is -0.493 e. The van der Waals surface area contributed by atoms with Crippen LogP contribution in [0, 0.1) is 0 Å². The SMILES string of the molecule is COc1ccc(C(CCN2CCCN(c3nc4ccccc4[nH]3)CC2)CN(C)C(=O)c2cc(OC)c(OC)c(OC)c2)cc1OC. The van der Waals surface area contributed by atoms with E-state index in [1.165, 1.54) is 0 Å². The Morgan fingerprint density at radius 3 is 2.24 bits per heavy atom. The lowest BCUT2D eigenvalue weighted by molar-refractivity contribution is 0.0782. The molecule has 1 atom stereocenters. The second kappa shape index (κ2) is 15.1. The number of hydrogen-bond donors (Lipinski definition) is 1. The smallest absolute Gasteiger partial charge is 0.253 e. The number of carbonyl (C=O) groups excluding carboxylic acids is 1. The van der Waals surface area contributed by atoms with Gasteiger partial charge in [-0.25, -0.2) is 4.98 Å². The number of benzene rings is 3. The van der Waals surface area contributed by atoms with Gasteiger partial charge in [0.1, 0.15) is 0 Å². The molecule has 1 aliphatic heterocycles. The number of rotatable bonds is 13. The van der Waals surface area contributed by atoms with Crippen LogP contribution >= 0.6 is 0 Å². The molecule has 3 aromatic carbocycles. The second-order valence-electron chi connectivity index (χ2n) is 11.5. The number of methoxy groups -OCH3 is 5. The molecule has 0 saturated carbocycles. The van der Waals surface area contributed by atoms with Gasteiger partial charge in [-0.15, -0.1) is 0 Å². The fourth-order valence-electron chi connectivity index (χ4n) is 6.14. The van der Waals surface area contributed by atoms with Gasteiger partial charge in [-0.1, -0.05) is 18.2 Å². The summed E-state index contributed by atoms with van der Waals surface area (Å²) in [4.78, 5) is 28.7. The Morgan fingerprint density at radius 1 is 0.848 bits per heavy atom. The Morgan fingerprint density at radius 2 is 1.57 bits per heavy atom. The molecular formula is C35H45N5O6. The van der Waals surface area contributed by atoms with Crippen molar-refractivity contribution in [3.05, 3.63) is 65.7 Å². The average Bonchev–Trinajstić information content (AvgIpc) is 3.39. The molecule has 1 unspecified atom stereocenters. The summed E-state index contributed by atoms with van der Waals surface area (Å²) in [6.45, 7) is 5.15. The van der Waals surface area contributed by atoms with E-state index in [-0.39, 0.29) is 11.8 Å². The summed E-state index contributed by atoms with van der Waals surface area (Å²) in [5.74, 6) is 3.50. The number of nitrogens with one attached hydrogen (secondary N) is 1. The van der Waals surface area contributed by atoms with Gasteiger partial charge >= 0.3 is 0 Å². The highest BCUT2D eigenvalue weighted by molar-refractivity contribution is 5.95. The van der Waals surface area contributed by atoms with Crippen LogP contribution in [-0.4, -0.2) is 108 Å². The van der Waals surface area contributed by atoms with Crippen molar-refractivity contribution in [3.63, 3.8) is 0 Å². The second-order valence-corrected chi connectivity index (χ2v) is 11.5. The molecule has 46 heavy (non-hydrogen) atoms. The zero-order valence-corrected chi connectivity index (χ0v) is 27.7. The molecule has 1 fully saturated rings. The van der Waals surface area contributed by atoms with E-state index in [2.05, 4.69) is 26.9 Å². The summed E-state index contributed by atoms with van der Waals surface area (Å²) < 4.78 is 27.6. The van der Waals surface area contributed by atoms with E-state index in [0.29, 0.717) is 40.9 Å². The molecule has 1 aliphatic rings. The van der Waals surface area contributed by atoms with E-state index in [4.69, 9.17) is 28.7 Å². The van der Waals surface area contributed by atoms with E-state index in [9.17, 15) is 4.79 Å². The predicted molar refractivity (Wildman–Crippen MR) is 179 cm³/mol. The van der Waals surface area contributed by atoms with Crippen molar-refractivity contribution >= 4 is 22.9 Å². The number of aromatic nitrogens is 2. The Labute approximate surface area is 270 Å². The van der Waals surface area contributed by atoms with E-state index in [1.54, 1.807) is 52.6 Å². The highest BCUT2D eigenvalue weighted by atomic mass is 16.5. The van der Waals surface area contributed by atoms with Crippen molar-refractivity contribution in [2.45, 2.75) is 18.8 Å². The summed E-state index contributed by atoms with van der Waals surface area (Å²) in [7, 11) is 9.73. The van der Waals surface area contributed by atoms with E-state index >= 15 is 0 Å². The first-order valence-electron chi connectivity index (χ1n) is 15.6. The summed E-state index contributed by atoms with van der Waals surface area (Å²) in [6.07, 6.45) is 1.89. The third-order valence-corrected chi connectivity index (χ3v) is 8.69. The Balaban J connectivity index is 1.32. The summed E-state index contributed by atoms with van der Waals surface area (Å²) in [6, 6.07) is 17.5. The van der Waals surface area contributed by atoms with Crippen molar-refractivity contribution in [2.24, 2.45) is 0 Å². The van der Waals surface area contributed by atoms with Crippen molar-refractivity contribution in [2.75, 3.05) is 86.8 Å². The van der Waals surface area contributed by atoms with Crippen LogP contribution in [0.1, 0.15) is 34.7 Å². The molecule has 1 saturated heterocycles. The zero-order chi connectivity index (χ0) is 32.6. The number of para-hydroxylation sites is 2. The summed E-state index contributed by atoms with van der Waals surface area (Å²) in [5.41, 5.74) is 3.59. The van der Waals surface area contributed by atoms with Gasteiger partial charge in [0.2, 0.25) is 11.7 Å². The van der Waals surface area contributed by atoms with Crippen molar-refractivity contribution < 1.29 is 28.5 Å². The molecule has 0 radical (unpaired) electrons. The van der Waals surface area contributed by atoms with E-state index < -0.39 is 0 Å². The molecule has 11 nitrogen and oxygen atoms in total. The number of ether oxygens (including phenoxy) is 5. The number of likely N-dealkylation sites (N-methyl/N-ethyl adjacent to an activating group) is 1. The molecule has 11 heteroatoms. The average molecular weight is 632 g/mol. The molecular weight excluding hydrogens is 586 g/mol. The van der Waals surface area contributed by atoms with Gasteiger partial charge in [0.15, 0.2) is 23.0 Å². The van der Waals surface area contributed by atoms with E-state index in [0.717, 1.165) is 68.1 Å². The fraction of sp³-hybridized carbons (Fsp3) is 0.429. The van der Waals surface area contributed by atoms with Crippen LogP contribution < -0.4 is 28.6 Å². The van der Waals surface area contributed by atoms with Gasteiger partial charge in [0.25, 0.3) is 5.91 Å². The van der Waals surface area contributed by atoms with Gasteiger partial charge in [-0.3, -0.25) is 4.79 Å². The lowest BCUT2D eigenvalue weighted by Crippen LogP contribution is -2.35. The quantitative estimate of drug-likeness (QED) is 0.217. The van der Waals surface area contributed by atoms with Crippen LogP contribution in [0.25, 0.3) is 11.0 Å². The van der Waals surface area contributed by atoms with Gasteiger partial charge in [-0.2, -0.15) is 0 Å². The van der Waals surface area contributed by atoms with Crippen molar-refractivity contribution in [1.82, 2.24) is 19.8 Å². The maximum Gasteiger partial charge on any atom is 0.253 e. The molecule has 5 rings (SSSR count). The maximum absolute atomic E-state index is 13.8. The number of amides is 1. The first-order chi connectivity index (χ1) is 22.4. The molecule has 246 valence electrons. The molecule has 1 aromatic heterocycles. The van der Waals surface area contributed by atoms with Crippen LogP contribution in [0.5, 0.6) is 28.7 Å². The zero-order valence-electron chi connectivity index (χ0n) is 27.7. The van der Waals surface area contributed by atoms with Gasteiger partial charge in [0, 0.05) is 44.7 Å².